The minimum absolute atomic E-state index is 0.0764. The Morgan fingerprint density at radius 1 is 1.13 bits per heavy atom. The van der Waals surface area contributed by atoms with Gasteiger partial charge < -0.3 is 14.8 Å². The highest BCUT2D eigenvalue weighted by atomic mass is 32.1. The number of carbonyl (C=O) groups is 1. The van der Waals surface area contributed by atoms with Crippen molar-refractivity contribution < 1.29 is 18.7 Å². The largest absolute Gasteiger partial charge is 0.493 e. The Bertz CT molecular complexity index is 1000. The Balaban J connectivity index is 1.48. The standard InChI is InChI=1S/C24H25FN2O3S/c1-29-22-14-17(9-12-21(22)30-15-16-7-10-18(25)11-8-16)13-20-23(28)27(24(31)26-20)19-5-3-2-4-6-19/h7-14,19H,2-6,15H2,1H3,(H,26,31)/b20-13+. The van der Waals surface area contributed by atoms with Crippen molar-refractivity contribution in [1.29, 1.82) is 0 Å². The maximum atomic E-state index is 13.1. The Morgan fingerprint density at radius 2 is 1.87 bits per heavy atom. The van der Waals surface area contributed by atoms with Gasteiger partial charge in [0.05, 0.1) is 7.11 Å². The molecule has 1 aliphatic carbocycles. The first-order valence-corrected chi connectivity index (χ1v) is 10.9. The monoisotopic (exact) mass is 440 g/mol. The van der Waals surface area contributed by atoms with Crippen LogP contribution in [0.15, 0.2) is 48.2 Å². The fourth-order valence-corrected chi connectivity index (χ4v) is 4.36. The normalized spacial score (nSPS) is 18.4. The summed E-state index contributed by atoms with van der Waals surface area (Å²) in [4.78, 5) is 14.7. The third-order valence-corrected chi connectivity index (χ3v) is 5.95. The summed E-state index contributed by atoms with van der Waals surface area (Å²) >= 11 is 5.44. The molecule has 0 atom stereocenters. The van der Waals surface area contributed by atoms with E-state index in [1.165, 1.54) is 18.6 Å². The summed E-state index contributed by atoms with van der Waals surface area (Å²) in [5.74, 6) is 0.760. The summed E-state index contributed by atoms with van der Waals surface area (Å²) in [6.07, 6.45) is 7.25. The average Bonchev–Trinajstić information content (AvgIpc) is 3.07. The molecule has 7 heteroatoms. The van der Waals surface area contributed by atoms with Crippen LogP contribution in [0.1, 0.15) is 43.2 Å². The molecular formula is C24H25FN2O3S. The first-order valence-electron chi connectivity index (χ1n) is 10.5. The lowest BCUT2D eigenvalue weighted by Crippen LogP contribution is -2.41. The van der Waals surface area contributed by atoms with Crippen molar-refractivity contribution >= 4 is 29.3 Å². The van der Waals surface area contributed by atoms with Crippen LogP contribution in [0, 0.1) is 5.82 Å². The quantitative estimate of drug-likeness (QED) is 0.516. The number of benzene rings is 2. The molecule has 0 unspecified atom stereocenters. The number of hydrogen-bond acceptors (Lipinski definition) is 4. The zero-order valence-electron chi connectivity index (χ0n) is 17.4. The highest BCUT2D eigenvalue weighted by molar-refractivity contribution is 7.80. The van der Waals surface area contributed by atoms with Crippen LogP contribution in [0.2, 0.25) is 0 Å². The van der Waals surface area contributed by atoms with Crippen LogP contribution < -0.4 is 14.8 Å². The lowest BCUT2D eigenvalue weighted by atomic mass is 9.94. The van der Waals surface area contributed by atoms with Crippen molar-refractivity contribution in [3.63, 3.8) is 0 Å². The maximum Gasteiger partial charge on any atom is 0.276 e. The van der Waals surface area contributed by atoms with E-state index in [1.54, 1.807) is 36.3 Å². The van der Waals surface area contributed by atoms with Crippen LogP contribution in [0.4, 0.5) is 4.39 Å². The zero-order chi connectivity index (χ0) is 21.8. The number of halogens is 1. The van der Waals surface area contributed by atoms with E-state index in [1.807, 2.05) is 12.1 Å². The fourth-order valence-electron chi connectivity index (χ4n) is 4.02. The van der Waals surface area contributed by atoms with Gasteiger partial charge in [-0.3, -0.25) is 9.69 Å². The van der Waals surface area contributed by atoms with Gasteiger partial charge in [0.1, 0.15) is 18.1 Å². The van der Waals surface area contributed by atoms with E-state index in [0.29, 0.717) is 28.9 Å². The molecule has 0 bridgehead atoms. The van der Waals surface area contributed by atoms with E-state index in [-0.39, 0.29) is 17.8 Å². The topological polar surface area (TPSA) is 50.8 Å². The van der Waals surface area contributed by atoms with Gasteiger partial charge in [-0.2, -0.15) is 0 Å². The van der Waals surface area contributed by atoms with Crippen LogP contribution in [0.3, 0.4) is 0 Å². The number of rotatable bonds is 6. The van der Waals surface area contributed by atoms with Crippen LogP contribution in [0.5, 0.6) is 11.5 Å². The smallest absolute Gasteiger partial charge is 0.276 e. The molecule has 0 spiro atoms. The molecule has 1 N–H and O–H groups in total. The van der Waals surface area contributed by atoms with Gasteiger partial charge in [-0.1, -0.05) is 37.5 Å². The molecule has 2 aromatic carbocycles. The molecule has 1 saturated heterocycles. The SMILES string of the molecule is COc1cc(/C=C2/NC(=S)N(C3CCCCC3)C2=O)ccc1OCc1ccc(F)cc1. The van der Waals surface area contributed by atoms with Crippen molar-refractivity contribution in [2.24, 2.45) is 0 Å². The first-order chi connectivity index (χ1) is 15.0. The molecule has 1 saturated carbocycles. The lowest BCUT2D eigenvalue weighted by molar-refractivity contribution is -0.124. The molecule has 1 heterocycles. The van der Waals surface area contributed by atoms with Crippen molar-refractivity contribution in [3.8, 4) is 11.5 Å². The summed E-state index contributed by atoms with van der Waals surface area (Å²) in [5.41, 5.74) is 2.12. The Kier molecular flexibility index (Phi) is 6.51. The van der Waals surface area contributed by atoms with Crippen molar-refractivity contribution in [2.45, 2.75) is 44.8 Å². The van der Waals surface area contributed by atoms with Gasteiger partial charge in [0, 0.05) is 6.04 Å². The number of hydrogen-bond donors (Lipinski definition) is 1. The van der Waals surface area contributed by atoms with Gasteiger partial charge >= 0.3 is 0 Å². The Labute approximate surface area is 186 Å². The number of thiocarbonyl (C=S) groups is 1. The third-order valence-electron chi connectivity index (χ3n) is 5.66. The summed E-state index contributed by atoms with van der Waals surface area (Å²) in [6, 6.07) is 11.8. The Morgan fingerprint density at radius 3 is 2.58 bits per heavy atom. The number of nitrogens with one attached hydrogen (secondary N) is 1. The minimum atomic E-state index is -0.282. The van der Waals surface area contributed by atoms with E-state index in [2.05, 4.69) is 5.32 Å². The molecule has 1 aliphatic heterocycles. The summed E-state index contributed by atoms with van der Waals surface area (Å²) in [5, 5.41) is 3.55. The number of amides is 1. The van der Waals surface area contributed by atoms with Gasteiger partial charge in [0.25, 0.3) is 5.91 Å². The molecule has 4 rings (SSSR count). The highest BCUT2D eigenvalue weighted by Crippen LogP contribution is 2.31. The Hall–Kier alpha value is -2.93. The van der Waals surface area contributed by atoms with Gasteiger partial charge in [-0.15, -0.1) is 0 Å². The predicted molar refractivity (Wildman–Crippen MR) is 121 cm³/mol. The zero-order valence-corrected chi connectivity index (χ0v) is 18.2. The van der Waals surface area contributed by atoms with Gasteiger partial charge in [0.2, 0.25) is 0 Å². The molecule has 2 aromatic rings. The maximum absolute atomic E-state index is 13.1. The second-order valence-electron chi connectivity index (χ2n) is 7.78. The second-order valence-corrected chi connectivity index (χ2v) is 8.17. The molecular weight excluding hydrogens is 415 g/mol. The van der Waals surface area contributed by atoms with Crippen molar-refractivity contribution in [2.75, 3.05) is 7.11 Å². The number of carbonyl (C=O) groups excluding carboxylic acids is 1. The molecule has 0 radical (unpaired) electrons. The van der Waals surface area contributed by atoms with Gasteiger partial charge in [-0.25, -0.2) is 4.39 Å². The number of nitrogens with zero attached hydrogens (tertiary/aromatic N) is 1. The van der Waals surface area contributed by atoms with E-state index < -0.39 is 0 Å². The van der Waals surface area contributed by atoms with Crippen LogP contribution >= 0.6 is 12.2 Å². The van der Waals surface area contributed by atoms with E-state index in [9.17, 15) is 9.18 Å². The molecule has 2 fully saturated rings. The van der Waals surface area contributed by atoms with E-state index >= 15 is 0 Å². The second kappa shape index (κ2) is 9.47. The van der Waals surface area contributed by atoms with Crippen molar-refractivity contribution in [1.82, 2.24) is 10.2 Å². The predicted octanol–water partition coefficient (Wildman–Crippen LogP) is 4.80. The molecule has 5 nitrogen and oxygen atoms in total. The van der Waals surface area contributed by atoms with E-state index in [4.69, 9.17) is 21.7 Å². The van der Waals surface area contributed by atoms with Gasteiger partial charge in [0.15, 0.2) is 16.6 Å². The third kappa shape index (κ3) is 4.88. The summed E-state index contributed by atoms with van der Waals surface area (Å²) in [7, 11) is 1.57. The van der Waals surface area contributed by atoms with Gasteiger partial charge in [-0.05, 0) is 66.5 Å². The highest BCUT2D eigenvalue weighted by Gasteiger charge is 2.36. The van der Waals surface area contributed by atoms with Crippen LogP contribution in [-0.4, -0.2) is 29.1 Å². The van der Waals surface area contributed by atoms with Crippen LogP contribution in [-0.2, 0) is 11.4 Å². The lowest BCUT2D eigenvalue weighted by Gasteiger charge is -2.29. The summed E-state index contributed by atoms with van der Waals surface area (Å²) in [6.45, 7) is 0.293. The number of methoxy groups -OCH3 is 1. The summed E-state index contributed by atoms with van der Waals surface area (Å²) < 4.78 is 24.4. The molecule has 31 heavy (non-hydrogen) atoms. The first kappa shape index (κ1) is 21.3. The average molecular weight is 441 g/mol. The fraction of sp³-hybridized carbons (Fsp3) is 0.333. The molecule has 162 valence electrons. The number of ether oxygens (including phenoxy) is 2. The van der Waals surface area contributed by atoms with Crippen LogP contribution in [0.25, 0.3) is 6.08 Å². The molecule has 1 amide bonds. The van der Waals surface area contributed by atoms with Crippen molar-refractivity contribution in [3.05, 3.63) is 65.1 Å². The van der Waals surface area contributed by atoms with E-state index in [0.717, 1.165) is 36.8 Å². The molecule has 2 aliphatic rings. The molecule has 0 aromatic heterocycles. The minimum Gasteiger partial charge on any atom is -0.493 e.